The van der Waals surface area contributed by atoms with E-state index in [0.717, 1.165) is 18.7 Å². The van der Waals surface area contributed by atoms with Crippen LogP contribution in [0, 0.1) is 0 Å². The molecule has 0 aromatic rings. The molecule has 6 heteroatoms. The second-order valence-electron chi connectivity index (χ2n) is 7.20. The van der Waals surface area contributed by atoms with Crippen molar-refractivity contribution < 1.29 is 9.59 Å². The summed E-state index contributed by atoms with van der Waals surface area (Å²) in [6.45, 7) is 3.56. The summed E-state index contributed by atoms with van der Waals surface area (Å²) in [5.41, 5.74) is 0. The van der Waals surface area contributed by atoms with Crippen molar-refractivity contribution in [3.63, 3.8) is 0 Å². The number of rotatable bonds is 5. The fourth-order valence-electron chi connectivity index (χ4n) is 4.08. The molecule has 130 valence electrons. The van der Waals surface area contributed by atoms with Crippen LogP contribution in [0.15, 0.2) is 0 Å². The van der Waals surface area contributed by atoms with E-state index in [0.29, 0.717) is 19.0 Å². The lowest BCUT2D eigenvalue weighted by Crippen LogP contribution is -2.51. The molecule has 2 atom stereocenters. The third-order valence-electron chi connectivity index (χ3n) is 5.46. The summed E-state index contributed by atoms with van der Waals surface area (Å²) in [5.74, 6) is 0.873. The van der Waals surface area contributed by atoms with Crippen molar-refractivity contribution in [1.29, 1.82) is 0 Å². The maximum Gasteiger partial charge on any atom is 0.243 e. The Kier molecular flexibility index (Phi) is 5.52. The van der Waals surface area contributed by atoms with Crippen LogP contribution < -0.4 is 10.6 Å². The lowest BCUT2D eigenvalue weighted by molar-refractivity contribution is -0.137. The van der Waals surface area contributed by atoms with Crippen molar-refractivity contribution >= 4 is 23.6 Å². The topological polar surface area (TPSA) is 61.4 Å². The molecule has 2 heterocycles. The maximum absolute atomic E-state index is 12.4. The van der Waals surface area contributed by atoms with E-state index in [2.05, 4.69) is 17.6 Å². The number of carbonyl (C=O) groups is 2. The van der Waals surface area contributed by atoms with Gasteiger partial charge in [-0.15, -0.1) is 11.8 Å². The van der Waals surface area contributed by atoms with Gasteiger partial charge in [0.25, 0.3) is 0 Å². The molecule has 1 aliphatic carbocycles. The zero-order valence-electron chi connectivity index (χ0n) is 14.1. The van der Waals surface area contributed by atoms with Crippen molar-refractivity contribution in [3.8, 4) is 0 Å². The molecule has 0 bridgehead atoms. The fourth-order valence-corrected chi connectivity index (χ4v) is 5.51. The standard InChI is InChI=1S/C17H29N3O2S/c1-17-9-8-15(21)20(17)14(12-23-17)16(22)19-11-10-18-13-6-4-2-3-5-7-13/h13-14,18H,2-12H2,1H3,(H,19,22). The molecule has 0 aromatic carbocycles. The summed E-state index contributed by atoms with van der Waals surface area (Å²) in [5, 5.41) is 6.59. The highest BCUT2D eigenvalue weighted by molar-refractivity contribution is 8.01. The zero-order valence-corrected chi connectivity index (χ0v) is 14.9. The van der Waals surface area contributed by atoms with Gasteiger partial charge in [-0.1, -0.05) is 25.7 Å². The average molecular weight is 340 g/mol. The van der Waals surface area contributed by atoms with E-state index in [-0.39, 0.29) is 22.7 Å². The molecule has 1 saturated carbocycles. The average Bonchev–Trinajstić information content (AvgIpc) is 2.89. The number of thioether (sulfide) groups is 1. The van der Waals surface area contributed by atoms with Crippen LogP contribution in [-0.2, 0) is 9.59 Å². The number of fused-ring (bicyclic) bond motifs is 1. The number of hydrogen-bond acceptors (Lipinski definition) is 4. The molecule has 0 radical (unpaired) electrons. The van der Waals surface area contributed by atoms with E-state index >= 15 is 0 Å². The Morgan fingerprint density at radius 2 is 2.00 bits per heavy atom. The molecule has 3 fully saturated rings. The summed E-state index contributed by atoms with van der Waals surface area (Å²) < 4.78 is 0. The lowest BCUT2D eigenvalue weighted by atomic mass is 10.1. The number of hydrogen-bond donors (Lipinski definition) is 2. The Morgan fingerprint density at radius 1 is 1.26 bits per heavy atom. The third kappa shape index (κ3) is 3.85. The van der Waals surface area contributed by atoms with Gasteiger partial charge in [0.15, 0.2) is 0 Å². The Labute approximate surface area is 143 Å². The predicted molar refractivity (Wildman–Crippen MR) is 93.2 cm³/mol. The molecule has 23 heavy (non-hydrogen) atoms. The van der Waals surface area contributed by atoms with E-state index in [4.69, 9.17) is 0 Å². The van der Waals surface area contributed by atoms with Crippen molar-refractivity contribution in [3.05, 3.63) is 0 Å². The van der Waals surface area contributed by atoms with Crippen molar-refractivity contribution in [2.24, 2.45) is 0 Å². The highest BCUT2D eigenvalue weighted by Crippen LogP contribution is 2.47. The van der Waals surface area contributed by atoms with Crippen LogP contribution in [0.5, 0.6) is 0 Å². The van der Waals surface area contributed by atoms with E-state index in [1.54, 1.807) is 11.8 Å². The van der Waals surface area contributed by atoms with Crippen LogP contribution >= 0.6 is 11.8 Å². The first-order valence-electron chi connectivity index (χ1n) is 9.07. The van der Waals surface area contributed by atoms with Crippen LogP contribution in [0.4, 0.5) is 0 Å². The SMILES string of the molecule is CC12CCC(=O)N1C(C(=O)NCCNC1CCCCCC1)CS2. The summed E-state index contributed by atoms with van der Waals surface area (Å²) in [6, 6.07) is 0.331. The summed E-state index contributed by atoms with van der Waals surface area (Å²) in [6.07, 6.45) is 9.31. The Balaban J connectivity index is 1.40. The summed E-state index contributed by atoms with van der Waals surface area (Å²) >= 11 is 1.75. The molecule has 2 unspecified atom stereocenters. The molecule has 3 rings (SSSR count). The summed E-state index contributed by atoms with van der Waals surface area (Å²) in [4.78, 5) is 26.2. The molecular formula is C17H29N3O2S. The molecule has 2 aliphatic heterocycles. The van der Waals surface area contributed by atoms with Gasteiger partial charge < -0.3 is 15.5 Å². The van der Waals surface area contributed by atoms with Crippen molar-refractivity contribution in [2.45, 2.75) is 75.2 Å². The van der Waals surface area contributed by atoms with Gasteiger partial charge in [-0.3, -0.25) is 9.59 Å². The monoisotopic (exact) mass is 339 g/mol. The first kappa shape index (κ1) is 17.1. The zero-order chi connectivity index (χ0) is 16.3. The minimum Gasteiger partial charge on any atom is -0.353 e. The second-order valence-corrected chi connectivity index (χ2v) is 8.70. The van der Waals surface area contributed by atoms with Gasteiger partial charge in [-0.25, -0.2) is 0 Å². The van der Waals surface area contributed by atoms with E-state index in [1.165, 1.54) is 38.5 Å². The van der Waals surface area contributed by atoms with Crippen LogP contribution in [-0.4, -0.2) is 52.5 Å². The minimum atomic E-state index is -0.280. The quantitative estimate of drug-likeness (QED) is 0.593. The Morgan fingerprint density at radius 3 is 2.74 bits per heavy atom. The molecule has 0 aromatic heterocycles. The molecular weight excluding hydrogens is 310 g/mol. The summed E-state index contributed by atoms with van der Waals surface area (Å²) in [7, 11) is 0. The predicted octanol–water partition coefficient (Wildman–Crippen LogP) is 1.87. The van der Waals surface area contributed by atoms with Crippen LogP contribution in [0.25, 0.3) is 0 Å². The number of carbonyl (C=O) groups excluding carboxylic acids is 2. The van der Waals surface area contributed by atoms with E-state index in [9.17, 15) is 9.59 Å². The van der Waals surface area contributed by atoms with Crippen LogP contribution in [0.3, 0.4) is 0 Å². The van der Waals surface area contributed by atoms with E-state index in [1.807, 2.05) is 4.90 Å². The smallest absolute Gasteiger partial charge is 0.243 e. The number of amides is 2. The first-order chi connectivity index (χ1) is 11.1. The number of nitrogens with one attached hydrogen (secondary N) is 2. The van der Waals surface area contributed by atoms with Gasteiger partial charge in [-0.05, 0) is 26.2 Å². The van der Waals surface area contributed by atoms with Gasteiger partial charge in [0.1, 0.15) is 6.04 Å². The highest BCUT2D eigenvalue weighted by atomic mass is 32.2. The highest BCUT2D eigenvalue weighted by Gasteiger charge is 2.52. The van der Waals surface area contributed by atoms with Crippen molar-refractivity contribution in [1.82, 2.24) is 15.5 Å². The first-order valence-corrected chi connectivity index (χ1v) is 10.1. The fraction of sp³-hybridized carbons (Fsp3) is 0.882. The van der Waals surface area contributed by atoms with Crippen molar-refractivity contribution in [2.75, 3.05) is 18.8 Å². The number of nitrogens with zero attached hydrogens (tertiary/aromatic N) is 1. The molecule has 2 saturated heterocycles. The van der Waals surface area contributed by atoms with Crippen LogP contribution in [0.1, 0.15) is 58.3 Å². The van der Waals surface area contributed by atoms with E-state index < -0.39 is 0 Å². The molecule has 2 N–H and O–H groups in total. The normalized spacial score (nSPS) is 32.0. The van der Waals surface area contributed by atoms with Crippen LogP contribution in [0.2, 0.25) is 0 Å². The molecule has 2 amide bonds. The molecule has 0 spiro atoms. The molecule has 5 nitrogen and oxygen atoms in total. The van der Waals surface area contributed by atoms with Gasteiger partial charge in [0.2, 0.25) is 11.8 Å². The van der Waals surface area contributed by atoms with Gasteiger partial charge >= 0.3 is 0 Å². The second kappa shape index (κ2) is 7.43. The maximum atomic E-state index is 12.4. The van der Waals surface area contributed by atoms with Gasteiger partial charge in [-0.2, -0.15) is 0 Å². The minimum absolute atomic E-state index is 0.0131. The van der Waals surface area contributed by atoms with Gasteiger partial charge in [0.05, 0.1) is 4.87 Å². The lowest BCUT2D eigenvalue weighted by Gasteiger charge is -2.29. The third-order valence-corrected chi connectivity index (χ3v) is 6.97. The Hall–Kier alpha value is -0.750. The Bertz CT molecular complexity index is 451. The van der Waals surface area contributed by atoms with Gasteiger partial charge in [0, 0.05) is 31.3 Å². The molecule has 3 aliphatic rings. The largest absolute Gasteiger partial charge is 0.353 e.